The molecule has 1 N–H and O–H groups in total. The molecule has 1 aromatic carbocycles. The van der Waals surface area contributed by atoms with E-state index in [2.05, 4.69) is 5.32 Å². The van der Waals surface area contributed by atoms with Crippen molar-refractivity contribution in [3.05, 3.63) is 35.9 Å². The Morgan fingerprint density at radius 1 is 1.29 bits per heavy atom. The fourth-order valence-corrected chi connectivity index (χ4v) is 3.41. The highest BCUT2D eigenvalue weighted by Gasteiger charge is 2.36. The number of ether oxygens (including phenoxy) is 1. The molecule has 0 aromatic heterocycles. The van der Waals surface area contributed by atoms with Gasteiger partial charge in [0.1, 0.15) is 0 Å². The van der Waals surface area contributed by atoms with Crippen molar-refractivity contribution in [3.63, 3.8) is 0 Å². The summed E-state index contributed by atoms with van der Waals surface area (Å²) in [5.74, 6) is 1.46. The summed E-state index contributed by atoms with van der Waals surface area (Å²) in [5.41, 5.74) is 0.937. The summed E-state index contributed by atoms with van der Waals surface area (Å²) in [7, 11) is 1.61. The van der Waals surface area contributed by atoms with Gasteiger partial charge < -0.3 is 15.0 Å². The molecule has 21 heavy (non-hydrogen) atoms. The fraction of sp³-hybridized carbons (Fsp3) is 0.562. The summed E-state index contributed by atoms with van der Waals surface area (Å²) < 4.78 is 5.46. The van der Waals surface area contributed by atoms with Gasteiger partial charge in [-0.2, -0.15) is 0 Å². The first-order valence-electron chi connectivity index (χ1n) is 7.37. The number of hydrogen-bond donors (Lipinski definition) is 1. The third-order valence-corrected chi connectivity index (χ3v) is 4.58. The molecule has 1 aromatic rings. The first-order chi connectivity index (χ1) is 9.79. The first-order valence-corrected chi connectivity index (χ1v) is 7.37. The van der Waals surface area contributed by atoms with Crippen LogP contribution in [0.25, 0.3) is 0 Å². The molecule has 116 valence electrons. The van der Waals surface area contributed by atoms with Crippen molar-refractivity contribution in [2.45, 2.75) is 12.5 Å². The summed E-state index contributed by atoms with van der Waals surface area (Å²) in [6.45, 7) is 3.87. The zero-order chi connectivity index (χ0) is 13.9. The number of nitrogens with zero attached hydrogens (tertiary/aromatic N) is 1. The lowest BCUT2D eigenvalue weighted by Crippen LogP contribution is -2.45. The van der Waals surface area contributed by atoms with Crippen molar-refractivity contribution in [3.8, 4) is 0 Å². The van der Waals surface area contributed by atoms with E-state index in [0.29, 0.717) is 5.92 Å². The van der Waals surface area contributed by atoms with Crippen molar-refractivity contribution in [1.29, 1.82) is 0 Å². The lowest BCUT2D eigenvalue weighted by atomic mass is 9.88. The average Bonchev–Trinajstić information content (AvgIpc) is 2.96. The Morgan fingerprint density at radius 2 is 2.00 bits per heavy atom. The number of benzene rings is 1. The maximum absolute atomic E-state index is 12.7. The SMILES string of the molecule is COC(C(=O)N1CCC2CNCC2C1)c1ccccc1.Cl. The van der Waals surface area contributed by atoms with Gasteiger partial charge in [-0.15, -0.1) is 12.4 Å². The maximum Gasteiger partial charge on any atom is 0.256 e. The van der Waals surface area contributed by atoms with Crippen molar-refractivity contribution >= 4 is 18.3 Å². The number of halogens is 1. The molecule has 0 spiro atoms. The van der Waals surface area contributed by atoms with Gasteiger partial charge >= 0.3 is 0 Å². The standard InChI is InChI=1S/C16H22N2O2.ClH/c1-20-15(12-5-3-2-4-6-12)16(19)18-8-7-13-9-17-10-14(13)11-18;/h2-6,13-15,17H,7-11H2,1H3;1H. The van der Waals surface area contributed by atoms with E-state index < -0.39 is 6.10 Å². The summed E-state index contributed by atoms with van der Waals surface area (Å²) in [4.78, 5) is 14.7. The van der Waals surface area contributed by atoms with E-state index in [1.54, 1.807) is 7.11 Å². The Bertz CT molecular complexity index is 469. The second kappa shape index (κ2) is 7.25. The quantitative estimate of drug-likeness (QED) is 0.926. The summed E-state index contributed by atoms with van der Waals surface area (Å²) >= 11 is 0. The topological polar surface area (TPSA) is 41.6 Å². The number of piperidine rings is 1. The maximum atomic E-state index is 12.7. The van der Waals surface area contributed by atoms with Crippen LogP contribution in [0.1, 0.15) is 18.1 Å². The lowest BCUT2D eigenvalue weighted by molar-refractivity contribution is -0.144. The molecule has 3 unspecified atom stereocenters. The van der Waals surface area contributed by atoms with Crippen LogP contribution in [0, 0.1) is 11.8 Å². The van der Waals surface area contributed by atoms with Gasteiger partial charge in [-0.3, -0.25) is 4.79 Å². The molecular weight excluding hydrogens is 288 g/mol. The van der Waals surface area contributed by atoms with E-state index in [-0.39, 0.29) is 18.3 Å². The Kier molecular flexibility index (Phi) is 5.62. The van der Waals surface area contributed by atoms with Gasteiger partial charge in [0, 0.05) is 20.2 Å². The summed E-state index contributed by atoms with van der Waals surface area (Å²) in [6, 6.07) is 9.76. The van der Waals surface area contributed by atoms with Crippen LogP contribution in [0.4, 0.5) is 0 Å². The molecule has 2 fully saturated rings. The highest BCUT2D eigenvalue weighted by Crippen LogP contribution is 2.29. The summed E-state index contributed by atoms with van der Waals surface area (Å²) in [5, 5.41) is 3.43. The molecule has 2 saturated heterocycles. The molecule has 0 radical (unpaired) electrons. The molecule has 0 aliphatic carbocycles. The molecule has 2 aliphatic rings. The number of amides is 1. The normalized spacial score (nSPS) is 25.9. The van der Waals surface area contributed by atoms with Gasteiger partial charge in [0.25, 0.3) is 5.91 Å². The molecule has 5 heteroatoms. The predicted octanol–water partition coefficient (Wildman–Crippen LogP) is 1.86. The highest BCUT2D eigenvalue weighted by molar-refractivity contribution is 5.85. The minimum atomic E-state index is -0.470. The van der Waals surface area contributed by atoms with Gasteiger partial charge in [-0.1, -0.05) is 30.3 Å². The van der Waals surface area contributed by atoms with Crippen LogP contribution in [0.5, 0.6) is 0 Å². The van der Waals surface area contributed by atoms with Gasteiger partial charge in [0.05, 0.1) is 0 Å². The number of nitrogens with one attached hydrogen (secondary N) is 1. The van der Waals surface area contributed by atoms with Crippen LogP contribution in [-0.4, -0.2) is 44.1 Å². The van der Waals surface area contributed by atoms with Crippen LogP contribution in [-0.2, 0) is 9.53 Å². The number of rotatable bonds is 3. The highest BCUT2D eigenvalue weighted by atomic mass is 35.5. The largest absolute Gasteiger partial charge is 0.367 e. The van der Waals surface area contributed by atoms with Crippen LogP contribution < -0.4 is 5.32 Å². The number of fused-ring (bicyclic) bond motifs is 1. The van der Waals surface area contributed by atoms with E-state index in [1.807, 2.05) is 35.2 Å². The Hall–Kier alpha value is -1.10. The van der Waals surface area contributed by atoms with Gasteiger partial charge in [0.2, 0.25) is 0 Å². The molecule has 0 bridgehead atoms. The fourth-order valence-electron chi connectivity index (χ4n) is 3.41. The predicted molar refractivity (Wildman–Crippen MR) is 84.5 cm³/mol. The minimum Gasteiger partial charge on any atom is -0.367 e. The third-order valence-electron chi connectivity index (χ3n) is 4.58. The van der Waals surface area contributed by atoms with Crippen molar-refractivity contribution in [2.75, 3.05) is 33.3 Å². The third kappa shape index (κ3) is 3.39. The first kappa shape index (κ1) is 16.3. The molecule has 2 aliphatic heterocycles. The van der Waals surface area contributed by atoms with Crippen molar-refractivity contribution in [2.24, 2.45) is 11.8 Å². The average molecular weight is 311 g/mol. The second-order valence-corrected chi connectivity index (χ2v) is 5.78. The monoisotopic (exact) mass is 310 g/mol. The number of carbonyl (C=O) groups is 1. The minimum absolute atomic E-state index is 0. The molecular formula is C16H23ClN2O2. The molecule has 1 amide bonds. The van der Waals surface area contributed by atoms with E-state index in [0.717, 1.165) is 44.1 Å². The van der Waals surface area contributed by atoms with Crippen LogP contribution in [0.15, 0.2) is 30.3 Å². The molecule has 3 rings (SSSR count). The molecule has 0 saturated carbocycles. The number of likely N-dealkylation sites (tertiary alicyclic amines) is 1. The Morgan fingerprint density at radius 3 is 2.71 bits per heavy atom. The second-order valence-electron chi connectivity index (χ2n) is 5.78. The number of hydrogen-bond acceptors (Lipinski definition) is 3. The zero-order valence-electron chi connectivity index (χ0n) is 12.3. The van der Waals surface area contributed by atoms with Crippen LogP contribution in [0.3, 0.4) is 0 Å². The number of methoxy groups -OCH3 is 1. The Balaban J connectivity index is 0.00000161. The zero-order valence-corrected chi connectivity index (χ0v) is 13.1. The smallest absolute Gasteiger partial charge is 0.256 e. The van der Waals surface area contributed by atoms with E-state index in [4.69, 9.17) is 4.74 Å². The van der Waals surface area contributed by atoms with E-state index in [1.165, 1.54) is 0 Å². The van der Waals surface area contributed by atoms with E-state index >= 15 is 0 Å². The summed E-state index contributed by atoms with van der Waals surface area (Å²) in [6.07, 6.45) is 0.636. The molecule has 4 nitrogen and oxygen atoms in total. The Labute approximate surface area is 132 Å². The van der Waals surface area contributed by atoms with E-state index in [9.17, 15) is 4.79 Å². The van der Waals surface area contributed by atoms with Crippen molar-refractivity contribution in [1.82, 2.24) is 10.2 Å². The van der Waals surface area contributed by atoms with Crippen LogP contribution in [0.2, 0.25) is 0 Å². The van der Waals surface area contributed by atoms with Gasteiger partial charge in [0.15, 0.2) is 6.10 Å². The molecule has 2 heterocycles. The van der Waals surface area contributed by atoms with Crippen molar-refractivity contribution < 1.29 is 9.53 Å². The van der Waals surface area contributed by atoms with Gasteiger partial charge in [-0.25, -0.2) is 0 Å². The van der Waals surface area contributed by atoms with Crippen LogP contribution >= 0.6 is 12.4 Å². The lowest BCUT2D eigenvalue weighted by Gasteiger charge is -2.36. The van der Waals surface area contributed by atoms with Gasteiger partial charge in [-0.05, 0) is 36.9 Å². The molecule has 3 atom stereocenters. The number of carbonyl (C=O) groups excluding carboxylic acids is 1.